The Morgan fingerprint density at radius 2 is 1.90 bits per heavy atom. The topological polar surface area (TPSA) is 35.1 Å². The Balaban J connectivity index is 2.17. The molecule has 0 amide bonds. The molecule has 0 aliphatic heterocycles. The molecule has 1 aromatic rings. The molecule has 0 bridgehead atoms. The van der Waals surface area contributed by atoms with Crippen LogP contribution in [0.25, 0.3) is 0 Å². The third-order valence-corrected chi connectivity index (χ3v) is 4.04. The van der Waals surface area contributed by atoms with Gasteiger partial charge in [0.25, 0.3) is 0 Å². The van der Waals surface area contributed by atoms with Gasteiger partial charge in [-0.3, -0.25) is 0 Å². The predicted molar refractivity (Wildman–Crippen MR) is 83.8 cm³/mol. The second kappa shape index (κ2) is 9.22. The van der Waals surface area contributed by atoms with Gasteiger partial charge in [0.15, 0.2) is 0 Å². The van der Waals surface area contributed by atoms with Gasteiger partial charge in [-0.05, 0) is 50.5 Å². The van der Waals surface area contributed by atoms with E-state index >= 15 is 0 Å². The SMILES string of the molecule is CC[C@H](C)[NH2+]CCOCCOc1ccc(Cl)c(C)c1C. The molecule has 0 saturated carbocycles. The fourth-order valence-corrected chi connectivity index (χ4v) is 2.04. The van der Waals surface area contributed by atoms with Crippen molar-refractivity contribution in [1.82, 2.24) is 0 Å². The predicted octanol–water partition coefficient (Wildman–Crippen LogP) is 2.71. The van der Waals surface area contributed by atoms with Crippen LogP contribution in [0.4, 0.5) is 0 Å². The number of quaternary nitrogens is 1. The number of hydrogen-bond acceptors (Lipinski definition) is 2. The van der Waals surface area contributed by atoms with E-state index in [-0.39, 0.29) is 0 Å². The normalized spacial score (nSPS) is 12.4. The zero-order chi connectivity index (χ0) is 15.0. The monoisotopic (exact) mass is 300 g/mol. The van der Waals surface area contributed by atoms with E-state index < -0.39 is 0 Å². The zero-order valence-electron chi connectivity index (χ0n) is 13.0. The first-order chi connectivity index (χ1) is 9.56. The molecule has 0 unspecified atom stereocenters. The van der Waals surface area contributed by atoms with E-state index in [4.69, 9.17) is 21.1 Å². The van der Waals surface area contributed by atoms with Crippen molar-refractivity contribution >= 4 is 11.6 Å². The lowest BCUT2D eigenvalue weighted by Gasteiger charge is -2.12. The Morgan fingerprint density at radius 3 is 2.60 bits per heavy atom. The fraction of sp³-hybridized carbons (Fsp3) is 0.625. The second-order valence-corrected chi connectivity index (χ2v) is 5.57. The lowest BCUT2D eigenvalue weighted by Crippen LogP contribution is -2.90. The maximum Gasteiger partial charge on any atom is 0.122 e. The fourth-order valence-electron chi connectivity index (χ4n) is 1.83. The maximum atomic E-state index is 6.06. The van der Waals surface area contributed by atoms with Crippen LogP contribution in [-0.4, -0.2) is 32.4 Å². The number of hydrogen-bond donors (Lipinski definition) is 1. The van der Waals surface area contributed by atoms with Gasteiger partial charge < -0.3 is 14.8 Å². The molecule has 0 radical (unpaired) electrons. The van der Waals surface area contributed by atoms with E-state index in [9.17, 15) is 0 Å². The number of nitrogens with two attached hydrogens (primary N) is 1. The molecule has 0 aromatic heterocycles. The summed E-state index contributed by atoms with van der Waals surface area (Å²) in [7, 11) is 0. The van der Waals surface area contributed by atoms with E-state index in [2.05, 4.69) is 19.2 Å². The van der Waals surface area contributed by atoms with Crippen molar-refractivity contribution in [1.29, 1.82) is 0 Å². The van der Waals surface area contributed by atoms with Crippen LogP contribution in [0.5, 0.6) is 5.75 Å². The Bertz CT molecular complexity index is 410. The summed E-state index contributed by atoms with van der Waals surface area (Å²) >= 11 is 6.06. The van der Waals surface area contributed by atoms with Gasteiger partial charge in [0.1, 0.15) is 12.4 Å². The molecule has 114 valence electrons. The van der Waals surface area contributed by atoms with Crippen LogP contribution in [0.2, 0.25) is 5.02 Å². The molecular weight excluding hydrogens is 274 g/mol. The van der Waals surface area contributed by atoms with Crippen LogP contribution in [0.15, 0.2) is 12.1 Å². The smallest absolute Gasteiger partial charge is 0.122 e. The van der Waals surface area contributed by atoms with Crippen molar-refractivity contribution in [2.24, 2.45) is 0 Å². The number of rotatable bonds is 9. The van der Waals surface area contributed by atoms with Crippen molar-refractivity contribution in [2.45, 2.75) is 40.2 Å². The summed E-state index contributed by atoms with van der Waals surface area (Å²) < 4.78 is 11.3. The Hall–Kier alpha value is -0.770. The van der Waals surface area contributed by atoms with E-state index in [1.807, 2.05) is 26.0 Å². The lowest BCUT2D eigenvalue weighted by molar-refractivity contribution is -0.687. The van der Waals surface area contributed by atoms with Gasteiger partial charge in [-0.1, -0.05) is 18.5 Å². The van der Waals surface area contributed by atoms with E-state index in [0.717, 1.165) is 35.1 Å². The summed E-state index contributed by atoms with van der Waals surface area (Å²) in [6.07, 6.45) is 1.19. The highest BCUT2D eigenvalue weighted by molar-refractivity contribution is 6.31. The van der Waals surface area contributed by atoms with Gasteiger partial charge in [0.2, 0.25) is 0 Å². The van der Waals surface area contributed by atoms with Crippen molar-refractivity contribution < 1.29 is 14.8 Å². The van der Waals surface area contributed by atoms with E-state index in [1.54, 1.807) is 0 Å². The minimum Gasteiger partial charge on any atom is -0.491 e. The Labute approximate surface area is 127 Å². The molecule has 3 nitrogen and oxygen atoms in total. The summed E-state index contributed by atoms with van der Waals surface area (Å²) in [6.45, 7) is 11.4. The zero-order valence-corrected chi connectivity index (χ0v) is 13.8. The van der Waals surface area contributed by atoms with Gasteiger partial charge >= 0.3 is 0 Å². The summed E-state index contributed by atoms with van der Waals surface area (Å²) in [4.78, 5) is 0. The quantitative estimate of drug-likeness (QED) is 0.712. The first-order valence-corrected chi connectivity index (χ1v) is 7.73. The molecule has 20 heavy (non-hydrogen) atoms. The molecule has 2 N–H and O–H groups in total. The molecule has 0 aliphatic rings. The molecule has 0 fully saturated rings. The summed E-state index contributed by atoms with van der Waals surface area (Å²) in [5.41, 5.74) is 2.18. The average molecular weight is 301 g/mol. The van der Waals surface area contributed by atoms with Gasteiger partial charge in [-0.25, -0.2) is 0 Å². The average Bonchev–Trinajstić information content (AvgIpc) is 2.45. The van der Waals surface area contributed by atoms with Crippen LogP contribution < -0.4 is 10.1 Å². The minimum atomic E-state index is 0.575. The molecular formula is C16H27ClNO2+. The molecule has 0 heterocycles. The minimum absolute atomic E-state index is 0.575. The lowest BCUT2D eigenvalue weighted by atomic mass is 10.1. The molecule has 1 rings (SSSR count). The first kappa shape index (κ1) is 17.3. The first-order valence-electron chi connectivity index (χ1n) is 7.35. The van der Waals surface area contributed by atoms with Crippen molar-refractivity contribution in [2.75, 3.05) is 26.4 Å². The standard InChI is InChI=1S/C16H26ClNO2/c1-5-12(2)18-8-9-19-10-11-20-16-7-6-15(17)13(3)14(16)4/h6-7,12,18H,5,8-11H2,1-4H3/p+1/t12-/m0/s1. The van der Waals surface area contributed by atoms with Crippen LogP contribution in [0, 0.1) is 13.8 Å². The van der Waals surface area contributed by atoms with Crippen molar-refractivity contribution in [3.05, 3.63) is 28.3 Å². The van der Waals surface area contributed by atoms with E-state index in [1.165, 1.54) is 6.42 Å². The van der Waals surface area contributed by atoms with Crippen molar-refractivity contribution in [3.63, 3.8) is 0 Å². The number of halogens is 1. The maximum absolute atomic E-state index is 6.06. The van der Waals surface area contributed by atoms with Crippen LogP contribution in [-0.2, 0) is 4.74 Å². The van der Waals surface area contributed by atoms with Gasteiger partial charge in [0, 0.05) is 5.02 Å². The Morgan fingerprint density at radius 1 is 1.15 bits per heavy atom. The molecule has 1 aromatic carbocycles. The molecule has 0 spiro atoms. The van der Waals surface area contributed by atoms with Crippen molar-refractivity contribution in [3.8, 4) is 5.75 Å². The summed E-state index contributed by atoms with van der Waals surface area (Å²) in [5, 5.41) is 3.10. The van der Waals surface area contributed by atoms with Gasteiger partial charge in [-0.15, -0.1) is 0 Å². The third-order valence-electron chi connectivity index (χ3n) is 3.63. The molecule has 0 aliphatic carbocycles. The highest BCUT2D eigenvalue weighted by atomic mass is 35.5. The molecule has 4 heteroatoms. The van der Waals surface area contributed by atoms with Gasteiger partial charge in [-0.2, -0.15) is 0 Å². The van der Waals surface area contributed by atoms with E-state index in [0.29, 0.717) is 19.3 Å². The highest BCUT2D eigenvalue weighted by Crippen LogP contribution is 2.26. The van der Waals surface area contributed by atoms with Gasteiger partial charge in [0.05, 0.1) is 25.8 Å². The number of ether oxygens (including phenoxy) is 2. The van der Waals surface area contributed by atoms with Crippen LogP contribution >= 0.6 is 11.6 Å². The molecule has 1 atom stereocenters. The highest BCUT2D eigenvalue weighted by Gasteiger charge is 2.05. The van der Waals surface area contributed by atoms with Crippen LogP contribution in [0.3, 0.4) is 0 Å². The summed E-state index contributed by atoms with van der Waals surface area (Å²) in [6, 6.07) is 4.47. The third kappa shape index (κ3) is 5.70. The Kier molecular flexibility index (Phi) is 7.97. The summed E-state index contributed by atoms with van der Waals surface area (Å²) in [5.74, 6) is 0.890. The molecule has 0 saturated heterocycles. The second-order valence-electron chi connectivity index (χ2n) is 5.17. The largest absolute Gasteiger partial charge is 0.491 e. The number of benzene rings is 1. The van der Waals surface area contributed by atoms with Crippen LogP contribution in [0.1, 0.15) is 31.4 Å².